The lowest BCUT2D eigenvalue weighted by molar-refractivity contribution is 0.0951. The van der Waals surface area contributed by atoms with Gasteiger partial charge in [-0.05, 0) is 49.1 Å². The van der Waals surface area contributed by atoms with Gasteiger partial charge in [-0.25, -0.2) is 9.97 Å². The Morgan fingerprint density at radius 1 is 1.15 bits per heavy atom. The number of hydrogen-bond donors (Lipinski definition) is 3. The number of aryl methyl sites for hydroxylation is 1. The van der Waals surface area contributed by atoms with Gasteiger partial charge in [0, 0.05) is 36.3 Å². The molecule has 2 aromatic carbocycles. The summed E-state index contributed by atoms with van der Waals surface area (Å²) in [6.07, 6.45) is 7.11. The number of aromatic nitrogens is 3. The molecule has 2 aromatic heterocycles. The molecule has 34 heavy (non-hydrogen) atoms. The molecule has 1 amide bonds. The van der Waals surface area contributed by atoms with E-state index in [-0.39, 0.29) is 5.91 Å². The van der Waals surface area contributed by atoms with E-state index in [4.69, 9.17) is 10.7 Å². The van der Waals surface area contributed by atoms with Gasteiger partial charge < -0.3 is 16.4 Å². The van der Waals surface area contributed by atoms with E-state index in [0.29, 0.717) is 29.5 Å². The molecule has 7 heteroatoms. The minimum absolute atomic E-state index is 0.0959. The Hall–Kier alpha value is -3.71. The van der Waals surface area contributed by atoms with E-state index >= 15 is 0 Å². The molecule has 4 N–H and O–H groups in total. The number of amides is 1. The summed E-state index contributed by atoms with van der Waals surface area (Å²) in [4.78, 5) is 21.8. The first kappa shape index (κ1) is 22.1. The summed E-state index contributed by atoms with van der Waals surface area (Å²) < 4.78 is 2.02. The van der Waals surface area contributed by atoms with Crippen LogP contribution in [0.1, 0.15) is 52.9 Å². The topological polar surface area (TPSA) is 97.3 Å². The Labute approximate surface area is 199 Å². The fraction of sp³-hybridized carbons (Fsp3) is 0.296. The van der Waals surface area contributed by atoms with Crippen LogP contribution in [0.2, 0.25) is 0 Å². The number of nitrogens with zero attached hydrogens (tertiary/aromatic N) is 3. The lowest BCUT2D eigenvalue weighted by Gasteiger charge is -2.20. The van der Waals surface area contributed by atoms with Gasteiger partial charge in [0.2, 0.25) is 0 Å². The quantitative estimate of drug-likeness (QED) is 0.410. The third-order valence-electron chi connectivity index (χ3n) is 6.58. The average Bonchev–Trinajstić information content (AvgIpc) is 3.35. The number of rotatable bonds is 6. The predicted molar refractivity (Wildman–Crippen MR) is 135 cm³/mol. The van der Waals surface area contributed by atoms with E-state index in [2.05, 4.69) is 53.0 Å². The van der Waals surface area contributed by atoms with Gasteiger partial charge in [0.25, 0.3) is 5.91 Å². The van der Waals surface area contributed by atoms with Crippen LogP contribution in [0.25, 0.3) is 16.9 Å². The van der Waals surface area contributed by atoms with Crippen LogP contribution >= 0.6 is 0 Å². The van der Waals surface area contributed by atoms with Crippen LogP contribution in [-0.4, -0.2) is 33.4 Å². The molecule has 0 bridgehead atoms. The minimum Gasteiger partial charge on any atom is -0.381 e. The second-order valence-corrected chi connectivity index (χ2v) is 8.86. The molecule has 0 spiro atoms. The molecule has 1 atom stereocenters. The van der Waals surface area contributed by atoms with Crippen molar-refractivity contribution >= 4 is 17.4 Å². The maximum Gasteiger partial charge on any atom is 0.251 e. The van der Waals surface area contributed by atoms with Gasteiger partial charge in [-0.2, -0.15) is 0 Å². The van der Waals surface area contributed by atoms with Crippen molar-refractivity contribution in [3.05, 3.63) is 83.3 Å². The van der Waals surface area contributed by atoms with Gasteiger partial charge >= 0.3 is 0 Å². The molecule has 1 saturated heterocycles. The number of hydrogen-bond acceptors (Lipinski definition) is 5. The Morgan fingerprint density at radius 2 is 1.91 bits per heavy atom. The largest absolute Gasteiger partial charge is 0.381 e. The van der Waals surface area contributed by atoms with Crippen molar-refractivity contribution in [1.82, 2.24) is 25.0 Å². The molecular weight excluding hydrogens is 424 g/mol. The number of carbonyl (C=O) groups excluding carboxylic acids is 1. The van der Waals surface area contributed by atoms with E-state index in [0.717, 1.165) is 54.9 Å². The maximum absolute atomic E-state index is 12.7. The summed E-state index contributed by atoms with van der Waals surface area (Å²) in [7, 11) is 0. The SMILES string of the molecule is CCc1ccc(CNC(=O)c2ccc(-c3cnc(N)c4nc(C5CCCNC5)cn34)cc2)cc1. The first-order valence-electron chi connectivity index (χ1n) is 11.9. The van der Waals surface area contributed by atoms with Crippen LogP contribution in [-0.2, 0) is 13.0 Å². The summed E-state index contributed by atoms with van der Waals surface area (Å²) in [5.41, 5.74) is 12.7. The maximum atomic E-state index is 12.7. The van der Waals surface area contributed by atoms with E-state index in [1.54, 1.807) is 6.20 Å². The highest BCUT2D eigenvalue weighted by Gasteiger charge is 2.20. The number of carbonyl (C=O) groups is 1. The molecule has 4 aromatic rings. The molecule has 174 valence electrons. The zero-order chi connectivity index (χ0) is 23.5. The van der Waals surface area contributed by atoms with Crippen molar-refractivity contribution in [2.45, 2.75) is 38.6 Å². The molecule has 1 fully saturated rings. The number of fused-ring (bicyclic) bond motifs is 1. The minimum atomic E-state index is -0.0959. The van der Waals surface area contributed by atoms with Crippen molar-refractivity contribution in [1.29, 1.82) is 0 Å². The molecule has 7 nitrogen and oxygen atoms in total. The van der Waals surface area contributed by atoms with Crippen LogP contribution in [0.5, 0.6) is 0 Å². The number of piperidine rings is 1. The third-order valence-corrected chi connectivity index (χ3v) is 6.58. The first-order chi connectivity index (χ1) is 16.6. The molecule has 0 radical (unpaired) electrons. The Balaban J connectivity index is 1.34. The molecule has 0 saturated carbocycles. The van der Waals surface area contributed by atoms with Crippen LogP contribution in [0.3, 0.4) is 0 Å². The number of anilines is 1. The fourth-order valence-electron chi connectivity index (χ4n) is 4.50. The van der Waals surface area contributed by atoms with Crippen molar-refractivity contribution in [2.24, 2.45) is 0 Å². The van der Waals surface area contributed by atoms with Gasteiger partial charge in [0.15, 0.2) is 11.5 Å². The van der Waals surface area contributed by atoms with E-state index in [9.17, 15) is 4.79 Å². The predicted octanol–water partition coefficient (Wildman–Crippen LogP) is 3.94. The zero-order valence-electron chi connectivity index (χ0n) is 19.4. The second kappa shape index (κ2) is 9.65. The molecular formula is C27H30N6O. The molecule has 1 aliphatic rings. The second-order valence-electron chi connectivity index (χ2n) is 8.86. The normalized spacial score (nSPS) is 16.0. The molecule has 0 aliphatic carbocycles. The van der Waals surface area contributed by atoms with Crippen LogP contribution in [0.15, 0.2) is 60.9 Å². The standard InChI is InChI=1S/C27H30N6O/c1-2-18-5-7-19(8-6-18)14-31-27(34)21-11-9-20(10-12-21)24-16-30-25(28)26-32-23(17-33(24)26)22-4-3-13-29-15-22/h5-12,16-17,22,29H,2-4,13-15H2,1H3,(H2,28,30)(H,31,34). The highest BCUT2D eigenvalue weighted by molar-refractivity contribution is 5.94. The summed E-state index contributed by atoms with van der Waals surface area (Å²) in [5, 5.41) is 6.45. The molecule has 5 rings (SSSR count). The van der Waals surface area contributed by atoms with Gasteiger partial charge in [-0.3, -0.25) is 9.20 Å². The van der Waals surface area contributed by atoms with E-state index in [1.165, 1.54) is 5.56 Å². The van der Waals surface area contributed by atoms with Gasteiger partial charge in [0.05, 0.1) is 17.6 Å². The van der Waals surface area contributed by atoms with Crippen LogP contribution in [0.4, 0.5) is 5.82 Å². The van der Waals surface area contributed by atoms with E-state index in [1.807, 2.05) is 28.7 Å². The van der Waals surface area contributed by atoms with Crippen molar-refractivity contribution in [3.8, 4) is 11.3 Å². The fourth-order valence-corrected chi connectivity index (χ4v) is 4.50. The number of imidazole rings is 1. The van der Waals surface area contributed by atoms with E-state index < -0.39 is 0 Å². The van der Waals surface area contributed by atoms with Crippen molar-refractivity contribution < 1.29 is 4.79 Å². The van der Waals surface area contributed by atoms with Gasteiger partial charge in [0.1, 0.15) is 0 Å². The highest BCUT2D eigenvalue weighted by atomic mass is 16.1. The summed E-state index contributed by atoms with van der Waals surface area (Å²) >= 11 is 0. The monoisotopic (exact) mass is 454 g/mol. The van der Waals surface area contributed by atoms with Gasteiger partial charge in [-0.1, -0.05) is 43.3 Å². The first-order valence-corrected chi connectivity index (χ1v) is 11.9. The van der Waals surface area contributed by atoms with Crippen LogP contribution in [0, 0.1) is 0 Å². The van der Waals surface area contributed by atoms with Crippen molar-refractivity contribution in [2.75, 3.05) is 18.8 Å². The Kier molecular flexibility index (Phi) is 6.27. The molecule has 1 aliphatic heterocycles. The number of nitrogens with one attached hydrogen (secondary N) is 2. The summed E-state index contributed by atoms with van der Waals surface area (Å²) in [6.45, 7) is 4.62. The lowest BCUT2D eigenvalue weighted by Crippen LogP contribution is -2.28. The highest BCUT2D eigenvalue weighted by Crippen LogP contribution is 2.28. The smallest absolute Gasteiger partial charge is 0.251 e. The average molecular weight is 455 g/mol. The molecule has 3 heterocycles. The lowest BCUT2D eigenvalue weighted by atomic mass is 9.97. The number of nitrogen functional groups attached to an aromatic ring is 1. The van der Waals surface area contributed by atoms with Crippen molar-refractivity contribution in [3.63, 3.8) is 0 Å². The molecule has 1 unspecified atom stereocenters. The van der Waals surface area contributed by atoms with Crippen LogP contribution < -0.4 is 16.4 Å². The summed E-state index contributed by atoms with van der Waals surface area (Å²) in [5.74, 6) is 0.702. The summed E-state index contributed by atoms with van der Waals surface area (Å²) in [6, 6.07) is 15.9. The zero-order valence-corrected chi connectivity index (χ0v) is 19.4. The third kappa shape index (κ3) is 4.52. The number of benzene rings is 2. The Morgan fingerprint density at radius 3 is 2.62 bits per heavy atom. The Bertz CT molecular complexity index is 1290. The van der Waals surface area contributed by atoms with Gasteiger partial charge in [-0.15, -0.1) is 0 Å². The number of nitrogens with two attached hydrogens (primary N) is 1.